The Hall–Kier alpha value is -0.840. The second-order valence-corrected chi connectivity index (χ2v) is 4.45. The molecule has 0 radical (unpaired) electrons. The molecule has 0 saturated heterocycles. The Kier molecular flexibility index (Phi) is 4.69. The van der Waals surface area contributed by atoms with Gasteiger partial charge in [-0.05, 0) is 13.3 Å². The molecule has 0 rings (SSSR count). The Balaban J connectivity index is 4.85. The van der Waals surface area contributed by atoms with Crippen molar-refractivity contribution in [1.29, 1.82) is 0 Å². The lowest BCUT2D eigenvalue weighted by Crippen LogP contribution is -2.15. The number of sulfone groups is 1. The molecule has 0 amide bonds. The van der Waals surface area contributed by atoms with Crippen LogP contribution in [0.5, 0.6) is 0 Å². The Labute approximate surface area is 78.5 Å². The van der Waals surface area contributed by atoms with Gasteiger partial charge < -0.3 is 4.74 Å². The summed E-state index contributed by atoms with van der Waals surface area (Å²) in [6, 6.07) is 0. The van der Waals surface area contributed by atoms with Crippen LogP contribution in [0.1, 0.15) is 20.3 Å². The van der Waals surface area contributed by atoms with Crippen molar-refractivity contribution in [3.8, 4) is 0 Å². The molecule has 0 fully saturated rings. The molecule has 0 spiro atoms. The summed E-state index contributed by atoms with van der Waals surface area (Å²) in [6.45, 7) is 3.56. The molecule has 5 heteroatoms. The zero-order chi connectivity index (χ0) is 10.5. The predicted molar refractivity (Wildman–Crippen MR) is 49.9 cm³/mol. The number of hydrogen-bond acceptors (Lipinski definition) is 4. The summed E-state index contributed by atoms with van der Waals surface area (Å²) in [7, 11) is -3.46. The van der Waals surface area contributed by atoms with E-state index in [1.165, 1.54) is 6.08 Å². The predicted octanol–water partition coefficient (Wildman–Crippen LogP) is 0.888. The van der Waals surface area contributed by atoms with E-state index in [-0.39, 0.29) is 11.5 Å². The van der Waals surface area contributed by atoms with Gasteiger partial charge in [-0.3, -0.25) is 0 Å². The third kappa shape index (κ3) is 4.07. The molecule has 4 nitrogen and oxygen atoms in total. The largest absolute Gasteiger partial charge is 0.462 e. The van der Waals surface area contributed by atoms with Crippen molar-refractivity contribution in [2.75, 3.05) is 12.9 Å². The molecule has 0 aromatic carbocycles. The first-order valence-electron chi connectivity index (χ1n) is 4.00. The number of ether oxygens (including phenoxy) is 1. The Bertz CT molecular complexity index is 300. The van der Waals surface area contributed by atoms with E-state index in [2.05, 4.69) is 4.74 Å². The van der Waals surface area contributed by atoms with Crippen LogP contribution < -0.4 is 0 Å². The lowest BCUT2D eigenvalue weighted by Gasteiger charge is -2.03. The van der Waals surface area contributed by atoms with Gasteiger partial charge in [0.05, 0.1) is 6.61 Å². The minimum absolute atomic E-state index is 0.176. The van der Waals surface area contributed by atoms with E-state index >= 15 is 0 Å². The van der Waals surface area contributed by atoms with Gasteiger partial charge in [0, 0.05) is 6.26 Å². The van der Waals surface area contributed by atoms with Crippen molar-refractivity contribution in [3.05, 3.63) is 11.0 Å². The van der Waals surface area contributed by atoms with Crippen molar-refractivity contribution >= 4 is 15.8 Å². The van der Waals surface area contributed by atoms with E-state index in [4.69, 9.17) is 0 Å². The second kappa shape index (κ2) is 5.01. The maximum atomic E-state index is 11.1. The van der Waals surface area contributed by atoms with Crippen molar-refractivity contribution < 1.29 is 17.9 Å². The fourth-order valence-electron chi connectivity index (χ4n) is 0.774. The monoisotopic (exact) mass is 206 g/mol. The number of allylic oxidation sites excluding steroid dienone is 1. The van der Waals surface area contributed by atoms with Crippen molar-refractivity contribution in [1.82, 2.24) is 0 Å². The summed E-state index contributed by atoms with van der Waals surface area (Å²) in [4.78, 5) is 10.9. The highest BCUT2D eigenvalue weighted by Gasteiger charge is 2.20. The van der Waals surface area contributed by atoms with Gasteiger partial charge in [0.25, 0.3) is 0 Å². The van der Waals surface area contributed by atoms with Crippen LogP contribution in [0.25, 0.3) is 0 Å². The van der Waals surface area contributed by atoms with Gasteiger partial charge in [-0.15, -0.1) is 0 Å². The smallest absolute Gasteiger partial charge is 0.349 e. The summed E-state index contributed by atoms with van der Waals surface area (Å²) in [5.41, 5.74) is 0. The zero-order valence-electron chi connectivity index (χ0n) is 8.03. The quantitative estimate of drug-likeness (QED) is 0.506. The van der Waals surface area contributed by atoms with Gasteiger partial charge in [-0.1, -0.05) is 13.0 Å². The van der Waals surface area contributed by atoms with E-state index in [1.807, 2.05) is 0 Å². The molecule has 0 aliphatic heterocycles. The first kappa shape index (κ1) is 12.2. The average molecular weight is 206 g/mol. The summed E-state index contributed by atoms with van der Waals surface area (Å²) < 4.78 is 26.7. The fourth-order valence-corrected chi connectivity index (χ4v) is 1.60. The molecule has 0 N–H and O–H groups in total. The van der Waals surface area contributed by atoms with Gasteiger partial charge in [0.1, 0.15) is 4.91 Å². The van der Waals surface area contributed by atoms with Crippen LogP contribution in [0, 0.1) is 0 Å². The summed E-state index contributed by atoms with van der Waals surface area (Å²) in [5, 5.41) is 0. The normalized spacial score (nSPS) is 12.7. The summed E-state index contributed by atoms with van der Waals surface area (Å²) in [5.74, 6) is -0.771. The van der Waals surface area contributed by atoms with Crippen molar-refractivity contribution in [2.24, 2.45) is 0 Å². The molecule has 76 valence electrons. The number of carbonyl (C=O) groups is 1. The molecule has 0 aromatic rings. The molecule has 0 aliphatic carbocycles. The Morgan fingerprint density at radius 2 is 1.92 bits per heavy atom. The van der Waals surface area contributed by atoms with Crippen LogP contribution in [0.15, 0.2) is 11.0 Å². The van der Waals surface area contributed by atoms with Crippen molar-refractivity contribution in [3.63, 3.8) is 0 Å². The minimum Gasteiger partial charge on any atom is -0.462 e. The molecule has 13 heavy (non-hydrogen) atoms. The van der Waals surface area contributed by atoms with E-state index in [0.29, 0.717) is 6.42 Å². The Morgan fingerprint density at radius 1 is 1.38 bits per heavy atom. The maximum Gasteiger partial charge on any atom is 0.349 e. The van der Waals surface area contributed by atoms with Crippen LogP contribution in [-0.4, -0.2) is 27.2 Å². The van der Waals surface area contributed by atoms with E-state index < -0.39 is 15.8 Å². The molecule has 0 saturated carbocycles. The van der Waals surface area contributed by atoms with Crippen LogP contribution in [-0.2, 0) is 19.4 Å². The molecule has 0 aromatic heterocycles. The summed E-state index contributed by atoms with van der Waals surface area (Å²) in [6.07, 6.45) is 2.83. The lowest BCUT2D eigenvalue weighted by atomic mass is 10.4. The van der Waals surface area contributed by atoms with Gasteiger partial charge in [-0.2, -0.15) is 0 Å². The second-order valence-electron chi connectivity index (χ2n) is 2.47. The first-order chi connectivity index (χ1) is 5.93. The van der Waals surface area contributed by atoms with E-state index in [1.54, 1.807) is 13.8 Å². The topological polar surface area (TPSA) is 60.4 Å². The lowest BCUT2D eigenvalue weighted by molar-refractivity contribution is -0.137. The van der Waals surface area contributed by atoms with Gasteiger partial charge >= 0.3 is 5.97 Å². The van der Waals surface area contributed by atoms with Crippen LogP contribution >= 0.6 is 0 Å². The molecule has 0 heterocycles. The first-order valence-corrected chi connectivity index (χ1v) is 5.90. The van der Waals surface area contributed by atoms with Gasteiger partial charge in [0.15, 0.2) is 9.84 Å². The van der Waals surface area contributed by atoms with Gasteiger partial charge in [-0.25, -0.2) is 13.2 Å². The SMILES string of the molecule is CCC=C(C(=O)OCC)S(C)(=O)=O. The average Bonchev–Trinajstić information content (AvgIpc) is 1.98. The Morgan fingerprint density at radius 3 is 2.23 bits per heavy atom. The van der Waals surface area contributed by atoms with Crippen molar-refractivity contribution in [2.45, 2.75) is 20.3 Å². The van der Waals surface area contributed by atoms with E-state index in [0.717, 1.165) is 6.26 Å². The van der Waals surface area contributed by atoms with Gasteiger partial charge in [0.2, 0.25) is 0 Å². The van der Waals surface area contributed by atoms with Crippen LogP contribution in [0.4, 0.5) is 0 Å². The molecule has 0 bridgehead atoms. The number of rotatable bonds is 4. The standard InChI is InChI=1S/C8H14O4S/c1-4-6-7(13(3,10)11)8(9)12-5-2/h6H,4-5H2,1-3H3. The molecule has 0 aliphatic rings. The van der Waals surface area contributed by atoms with E-state index in [9.17, 15) is 13.2 Å². The molecule has 0 atom stereocenters. The maximum absolute atomic E-state index is 11.1. The fraction of sp³-hybridized carbons (Fsp3) is 0.625. The highest BCUT2D eigenvalue weighted by Crippen LogP contribution is 2.07. The summed E-state index contributed by atoms with van der Waals surface area (Å²) >= 11 is 0. The third-order valence-electron chi connectivity index (χ3n) is 1.27. The highest BCUT2D eigenvalue weighted by atomic mass is 32.2. The number of esters is 1. The van der Waals surface area contributed by atoms with Crippen LogP contribution in [0.3, 0.4) is 0 Å². The van der Waals surface area contributed by atoms with Crippen LogP contribution in [0.2, 0.25) is 0 Å². The molecular formula is C8H14O4S. The number of carbonyl (C=O) groups excluding carboxylic acids is 1. The number of hydrogen-bond donors (Lipinski definition) is 0. The highest BCUT2D eigenvalue weighted by molar-refractivity contribution is 7.95. The molecule has 0 unspecified atom stereocenters. The molecular weight excluding hydrogens is 192 g/mol. The minimum atomic E-state index is -3.46. The third-order valence-corrected chi connectivity index (χ3v) is 2.40. The zero-order valence-corrected chi connectivity index (χ0v) is 8.85.